The summed E-state index contributed by atoms with van der Waals surface area (Å²) in [4.78, 5) is 0. The second-order valence-electron chi connectivity index (χ2n) is 4.02. The SMILES string of the molecule is NC1NCCCCC1Cc1ccco1. The molecule has 2 unspecified atom stereocenters. The van der Waals surface area contributed by atoms with Crippen LogP contribution in [0.4, 0.5) is 0 Å². The molecule has 0 aliphatic carbocycles. The Labute approximate surface area is 84.7 Å². The number of nitrogens with one attached hydrogen (secondary N) is 1. The normalized spacial score (nSPS) is 28.6. The van der Waals surface area contributed by atoms with Gasteiger partial charge in [0.2, 0.25) is 0 Å². The quantitative estimate of drug-likeness (QED) is 0.750. The van der Waals surface area contributed by atoms with Crippen molar-refractivity contribution in [3.63, 3.8) is 0 Å². The summed E-state index contributed by atoms with van der Waals surface area (Å²) < 4.78 is 5.34. The Bertz CT molecular complexity index is 258. The van der Waals surface area contributed by atoms with Crippen LogP contribution < -0.4 is 11.1 Å². The van der Waals surface area contributed by atoms with Gasteiger partial charge in [-0.2, -0.15) is 0 Å². The van der Waals surface area contributed by atoms with Crippen LogP contribution in [-0.2, 0) is 6.42 Å². The summed E-state index contributed by atoms with van der Waals surface area (Å²) in [7, 11) is 0. The zero-order valence-electron chi connectivity index (χ0n) is 8.41. The minimum absolute atomic E-state index is 0.127. The molecule has 2 heterocycles. The minimum Gasteiger partial charge on any atom is -0.469 e. The molecule has 1 saturated heterocycles. The topological polar surface area (TPSA) is 51.2 Å². The van der Waals surface area contributed by atoms with Gasteiger partial charge in [-0.15, -0.1) is 0 Å². The third kappa shape index (κ3) is 2.36. The lowest BCUT2D eigenvalue weighted by Crippen LogP contribution is -2.43. The zero-order valence-corrected chi connectivity index (χ0v) is 8.41. The van der Waals surface area contributed by atoms with E-state index in [0.717, 1.165) is 18.7 Å². The van der Waals surface area contributed by atoms with Gasteiger partial charge >= 0.3 is 0 Å². The monoisotopic (exact) mass is 194 g/mol. The highest BCUT2D eigenvalue weighted by Gasteiger charge is 2.20. The Kier molecular flexibility index (Phi) is 3.22. The molecule has 2 rings (SSSR count). The highest BCUT2D eigenvalue weighted by molar-refractivity contribution is 5.00. The van der Waals surface area contributed by atoms with E-state index in [2.05, 4.69) is 5.32 Å². The standard InChI is InChI=1S/C11H18N2O/c12-11-9(4-1-2-6-13-11)8-10-5-3-7-14-10/h3,5,7,9,11,13H,1-2,4,6,8,12H2. The molecule has 0 saturated carbocycles. The first-order chi connectivity index (χ1) is 6.86. The molecule has 14 heavy (non-hydrogen) atoms. The molecule has 0 spiro atoms. The smallest absolute Gasteiger partial charge is 0.104 e. The van der Waals surface area contributed by atoms with E-state index in [9.17, 15) is 0 Å². The summed E-state index contributed by atoms with van der Waals surface area (Å²) in [5, 5.41) is 3.34. The van der Waals surface area contributed by atoms with Crippen molar-refractivity contribution in [1.29, 1.82) is 0 Å². The molecule has 0 radical (unpaired) electrons. The van der Waals surface area contributed by atoms with Crippen molar-refractivity contribution >= 4 is 0 Å². The molecule has 78 valence electrons. The molecule has 3 heteroatoms. The Morgan fingerprint density at radius 1 is 1.50 bits per heavy atom. The van der Waals surface area contributed by atoms with Gasteiger partial charge in [0.25, 0.3) is 0 Å². The molecule has 0 amide bonds. The summed E-state index contributed by atoms with van der Waals surface area (Å²) in [5.41, 5.74) is 6.04. The molecule has 3 N–H and O–H groups in total. The predicted molar refractivity (Wildman–Crippen MR) is 55.7 cm³/mol. The highest BCUT2D eigenvalue weighted by Crippen LogP contribution is 2.19. The number of furan rings is 1. The summed E-state index contributed by atoms with van der Waals surface area (Å²) in [6.45, 7) is 1.05. The van der Waals surface area contributed by atoms with Gasteiger partial charge in [-0.1, -0.05) is 6.42 Å². The van der Waals surface area contributed by atoms with Gasteiger partial charge in [0.15, 0.2) is 0 Å². The maximum Gasteiger partial charge on any atom is 0.104 e. The number of rotatable bonds is 2. The fourth-order valence-corrected chi connectivity index (χ4v) is 2.06. The van der Waals surface area contributed by atoms with Crippen LogP contribution in [0.25, 0.3) is 0 Å². The lowest BCUT2D eigenvalue weighted by atomic mass is 9.96. The van der Waals surface area contributed by atoms with E-state index < -0.39 is 0 Å². The average Bonchev–Trinajstić information content (AvgIpc) is 2.60. The van der Waals surface area contributed by atoms with Crippen LogP contribution in [-0.4, -0.2) is 12.7 Å². The molecular weight excluding hydrogens is 176 g/mol. The van der Waals surface area contributed by atoms with E-state index in [4.69, 9.17) is 10.2 Å². The van der Waals surface area contributed by atoms with Crippen LogP contribution >= 0.6 is 0 Å². The third-order valence-corrected chi connectivity index (χ3v) is 2.93. The highest BCUT2D eigenvalue weighted by atomic mass is 16.3. The van der Waals surface area contributed by atoms with Crippen LogP contribution in [0.1, 0.15) is 25.0 Å². The maximum absolute atomic E-state index is 6.04. The molecule has 3 nitrogen and oxygen atoms in total. The van der Waals surface area contributed by atoms with Crippen LogP contribution in [0.5, 0.6) is 0 Å². The molecular formula is C11H18N2O. The van der Waals surface area contributed by atoms with Crippen LogP contribution in [0, 0.1) is 5.92 Å². The van der Waals surface area contributed by atoms with Gasteiger partial charge in [-0.3, -0.25) is 0 Å². The first-order valence-corrected chi connectivity index (χ1v) is 5.37. The molecule has 0 aromatic carbocycles. The van der Waals surface area contributed by atoms with Crippen molar-refractivity contribution in [2.24, 2.45) is 11.7 Å². The van der Waals surface area contributed by atoms with Crippen molar-refractivity contribution in [3.05, 3.63) is 24.2 Å². The van der Waals surface area contributed by atoms with Crippen LogP contribution in [0.2, 0.25) is 0 Å². The molecule has 1 fully saturated rings. The van der Waals surface area contributed by atoms with Gasteiger partial charge in [0.1, 0.15) is 5.76 Å². The average molecular weight is 194 g/mol. The van der Waals surface area contributed by atoms with E-state index in [1.807, 2.05) is 12.1 Å². The van der Waals surface area contributed by atoms with Crippen molar-refractivity contribution in [3.8, 4) is 0 Å². The van der Waals surface area contributed by atoms with Gasteiger partial charge in [-0.05, 0) is 37.4 Å². The van der Waals surface area contributed by atoms with E-state index >= 15 is 0 Å². The third-order valence-electron chi connectivity index (χ3n) is 2.93. The van der Waals surface area contributed by atoms with Crippen molar-refractivity contribution in [2.75, 3.05) is 6.54 Å². The fraction of sp³-hybridized carbons (Fsp3) is 0.636. The van der Waals surface area contributed by atoms with E-state index in [1.54, 1.807) is 6.26 Å². The zero-order chi connectivity index (χ0) is 9.80. The number of hydrogen-bond donors (Lipinski definition) is 2. The Morgan fingerprint density at radius 2 is 2.43 bits per heavy atom. The predicted octanol–water partition coefficient (Wildman–Crippen LogP) is 1.50. The first-order valence-electron chi connectivity index (χ1n) is 5.37. The number of hydrogen-bond acceptors (Lipinski definition) is 3. The van der Waals surface area contributed by atoms with Crippen LogP contribution in [0.15, 0.2) is 22.8 Å². The van der Waals surface area contributed by atoms with Crippen molar-refractivity contribution in [2.45, 2.75) is 31.8 Å². The second-order valence-corrected chi connectivity index (χ2v) is 4.02. The minimum atomic E-state index is 0.127. The maximum atomic E-state index is 6.04. The molecule has 1 aromatic rings. The van der Waals surface area contributed by atoms with Crippen molar-refractivity contribution < 1.29 is 4.42 Å². The number of nitrogens with two attached hydrogens (primary N) is 1. The summed E-state index contributed by atoms with van der Waals surface area (Å²) >= 11 is 0. The lowest BCUT2D eigenvalue weighted by molar-refractivity contribution is 0.341. The van der Waals surface area contributed by atoms with Gasteiger partial charge in [0.05, 0.1) is 12.4 Å². The second kappa shape index (κ2) is 4.62. The lowest BCUT2D eigenvalue weighted by Gasteiger charge is -2.20. The molecule has 0 bridgehead atoms. The molecule has 2 atom stereocenters. The van der Waals surface area contributed by atoms with Gasteiger partial charge in [0, 0.05) is 6.42 Å². The van der Waals surface area contributed by atoms with E-state index in [-0.39, 0.29) is 6.17 Å². The fourth-order valence-electron chi connectivity index (χ4n) is 2.06. The Morgan fingerprint density at radius 3 is 3.21 bits per heavy atom. The Balaban J connectivity index is 1.94. The first kappa shape index (κ1) is 9.74. The summed E-state index contributed by atoms with van der Waals surface area (Å²) in [6, 6.07) is 3.96. The van der Waals surface area contributed by atoms with Crippen LogP contribution in [0.3, 0.4) is 0 Å². The molecule has 1 aliphatic heterocycles. The molecule has 1 aromatic heterocycles. The molecule has 1 aliphatic rings. The van der Waals surface area contributed by atoms with Crippen molar-refractivity contribution in [1.82, 2.24) is 5.32 Å². The summed E-state index contributed by atoms with van der Waals surface area (Å²) in [5.74, 6) is 1.57. The van der Waals surface area contributed by atoms with Gasteiger partial charge < -0.3 is 15.5 Å². The van der Waals surface area contributed by atoms with E-state index in [1.165, 1.54) is 19.3 Å². The largest absolute Gasteiger partial charge is 0.469 e. The van der Waals surface area contributed by atoms with E-state index in [0.29, 0.717) is 5.92 Å². The Hall–Kier alpha value is -0.800. The summed E-state index contributed by atoms with van der Waals surface area (Å²) in [6.07, 6.45) is 6.53. The van der Waals surface area contributed by atoms with Gasteiger partial charge in [-0.25, -0.2) is 0 Å².